The maximum atomic E-state index is 13.0. The second-order valence-corrected chi connectivity index (χ2v) is 9.13. The summed E-state index contributed by atoms with van der Waals surface area (Å²) in [4.78, 5) is 32.1. The molecule has 0 saturated carbocycles. The average Bonchev–Trinajstić information content (AvgIpc) is 2.70. The second-order valence-electron chi connectivity index (χ2n) is 6.66. The fraction of sp³-hybridized carbons (Fsp3) is 0.316. The highest BCUT2D eigenvalue weighted by Crippen LogP contribution is 2.54. The summed E-state index contributed by atoms with van der Waals surface area (Å²) >= 11 is 0. The number of carboxylic acids is 1. The Morgan fingerprint density at radius 2 is 1.90 bits per heavy atom. The van der Waals surface area contributed by atoms with E-state index in [4.69, 9.17) is 10.8 Å². The van der Waals surface area contributed by atoms with Crippen LogP contribution in [0, 0.1) is 10.1 Å². The summed E-state index contributed by atoms with van der Waals surface area (Å²) in [5.74, 6) is -2.33. The molecular formula is C19H24N3O6P. The van der Waals surface area contributed by atoms with Gasteiger partial charge in [0.05, 0.1) is 4.92 Å². The van der Waals surface area contributed by atoms with E-state index in [0.29, 0.717) is 18.5 Å². The van der Waals surface area contributed by atoms with E-state index in [1.807, 2.05) is 30.3 Å². The van der Waals surface area contributed by atoms with E-state index in [-0.39, 0.29) is 18.3 Å². The lowest BCUT2D eigenvalue weighted by molar-refractivity contribution is -0.384. The molecule has 0 amide bonds. The number of nitrogens with one attached hydrogen (secondary N) is 1. The van der Waals surface area contributed by atoms with Crippen molar-refractivity contribution in [2.45, 2.75) is 24.7 Å². The van der Waals surface area contributed by atoms with E-state index in [1.165, 1.54) is 24.3 Å². The molecule has 2 rings (SSSR count). The molecule has 0 aliphatic rings. The maximum absolute atomic E-state index is 13.0. The third kappa shape index (κ3) is 6.76. The fourth-order valence-corrected chi connectivity index (χ4v) is 4.82. The summed E-state index contributed by atoms with van der Waals surface area (Å²) in [5.41, 5.74) is 6.59. The molecule has 0 bridgehead atoms. The van der Waals surface area contributed by atoms with Gasteiger partial charge in [-0.15, -0.1) is 0 Å². The van der Waals surface area contributed by atoms with E-state index >= 15 is 0 Å². The van der Waals surface area contributed by atoms with Crippen LogP contribution in [-0.2, 0) is 15.8 Å². The maximum Gasteiger partial charge on any atom is 0.320 e. The molecule has 2 unspecified atom stereocenters. The van der Waals surface area contributed by atoms with Crippen molar-refractivity contribution >= 4 is 19.0 Å². The first-order chi connectivity index (χ1) is 13.7. The summed E-state index contributed by atoms with van der Waals surface area (Å²) < 4.78 is 13.0. The lowest BCUT2D eigenvalue weighted by atomic mass is 10.1. The number of aliphatic carboxylic acids is 1. The highest BCUT2D eigenvalue weighted by atomic mass is 31.2. The van der Waals surface area contributed by atoms with Gasteiger partial charge in [0.2, 0.25) is 7.37 Å². The zero-order chi connectivity index (χ0) is 21.4. The predicted octanol–water partition coefficient (Wildman–Crippen LogP) is 2.50. The topological polar surface area (TPSA) is 156 Å². The number of benzene rings is 2. The second kappa shape index (κ2) is 10.3. The van der Waals surface area contributed by atoms with Gasteiger partial charge in [-0.1, -0.05) is 42.5 Å². The molecule has 3 atom stereocenters. The molecule has 10 heteroatoms. The van der Waals surface area contributed by atoms with Crippen molar-refractivity contribution in [3.8, 4) is 0 Å². The number of nitro benzene ring substituents is 1. The first-order valence-corrected chi connectivity index (χ1v) is 10.9. The molecular weight excluding hydrogens is 397 g/mol. The third-order valence-corrected chi connectivity index (χ3v) is 6.66. The standard InChI is InChI=1S/C19H24N3O6P/c20-17(19(23)24)10-12-29(27,28)18(15-7-4-8-16(13-15)22(25)26)21-11-9-14-5-2-1-3-6-14/h1-8,13,17-18,21H,9-12,20H2,(H,23,24)(H,27,28)/t17-,18?/m0/s1. The van der Waals surface area contributed by atoms with Crippen LogP contribution >= 0.6 is 7.37 Å². The normalized spacial score (nSPS) is 15.2. The van der Waals surface area contributed by atoms with Crippen LogP contribution in [0.4, 0.5) is 5.69 Å². The highest BCUT2D eigenvalue weighted by Gasteiger charge is 2.33. The number of rotatable bonds is 11. The van der Waals surface area contributed by atoms with E-state index in [9.17, 15) is 24.4 Å². The molecule has 0 aliphatic heterocycles. The Kier molecular flexibility index (Phi) is 8.04. The van der Waals surface area contributed by atoms with Crippen LogP contribution in [0.2, 0.25) is 0 Å². The summed E-state index contributed by atoms with van der Waals surface area (Å²) in [7, 11) is -3.97. The van der Waals surface area contributed by atoms with Gasteiger partial charge in [-0.2, -0.15) is 0 Å². The molecule has 156 valence electrons. The Bertz CT molecular complexity index is 893. The van der Waals surface area contributed by atoms with Crippen LogP contribution in [-0.4, -0.2) is 39.6 Å². The number of nitrogens with zero attached hydrogens (tertiary/aromatic N) is 1. The van der Waals surface area contributed by atoms with E-state index in [1.54, 1.807) is 0 Å². The molecule has 2 aromatic rings. The molecule has 0 aliphatic carbocycles. The lowest BCUT2D eigenvalue weighted by Crippen LogP contribution is -2.32. The van der Waals surface area contributed by atoms with Gasteiger partial charge in [-0.25, -0.2) is 0 Å². The molecule has 0 spiro atoms. The van der Waals surface area contributed by atoms with Gasteiger partial charge in [-0.05, 0) is 24.0 Å². The zero-order valence-corrected chi connectivity index (χ0v) is 16.6. The van der Waals surface area contributed by atoms with Crippen molar-refractivity contribution in [2.75, 3.05) is 12.7 Å². The van der Waals surface area contributed by atoms with Crippen LogP contribution in [0.5, 0.6) is 0 Å². The first-order valence-electron chi connectivity index (χ1n) is 9.02. The minimum atomic E-state index is -3.97. The number of carboxylic acid groups (broad SMARTS) is 1. The fourth-order valence-electron chi connectivity index (χ4n) is 2.88. The smallest absolute Gasteiger partial charge is 0.320 e. The molecule has 0 heterocycles. The Balaban J connectivity index is 2.21. The summed E-state index contributed by atoms with van der Waals surface area (Å²) in [6.45, 7) is 0.354. The number of carbonyl (C=O) groups is 1. The SMILES string of the molecule is N[C@@H](CCP(=O)(O)C(NCCc1ccccc1)c1cccc([N+](=O)[O-])c1)C(=O)O. The Hall–Kier alpha value is -2.58. The predicted molar refractivity (Wildman–Crippen MR) is 109 cm³/mol. The van der Waals surface area contributed by atoms with Crippen LogP contribution in [0.1, 0.15) is 23.3 Å². The van der Waals surface area contributed by atoms with E-state index < -0.39 is 30.1 Å². The number of nitro groups is 1. The van der Waals surface area contributed by atoms with Crippen molar-refractivity contribution in [3.05, 3.63) is 75.8 Å². The Morgan fingerprint density at radius 1 is 1.21 bits per heavy atom. The van der Waals surface area contributed by atoms with Gasteiger partial charge in [0.25, 0.3) is 5.69 Å². The van der Waals surface area contributed by atoms with Crippen molar-refractivity contribution in [2.24, 2.45) is 5.73 Å². The monoisotopic (exact) mass is 421 g/mol. The van der Waals surface area contributed by atoms with Crippen LogP contribution < -0.4 is 11.1 Å². The minimum Gasteiger partial charge on any atom is -0.480 e. The molecule has 29 heavy (non-hydrogen) atoms. The molecule has 5 N–H and O–H groups in total. The summed E-state index contributed by atoms with van der Waals surface area (Å²) in [6.07, 6.45) is 0.0714. The van der Waals surface area contributed by atoms with Crippen molar-refractivity contribution < 1.29 is 24.3 Å². The number of non-ortho nitro benzene ring substituents is 1. The van der Waals surface area contributed by atoms with Crippen LogP contribution in [0.3, 0.4) is 0 Å². The summed E-state index contributed by atoms with van der Waals surface area (Å²) in [5, 5.41) is 23.0. The quantitative estimate of drug-likeness (QED) is 0.245. The molecule has 2 aromatic carbocycles. The highest BCUT2D eigenvalue weighted by molar-refractivity contribution is 7.58. The Labute approximate surface area is 168 Å². The number of hydrogen-bond donors (Lipinski definition) is 4. The van der Waals surface area contributed by atoms with Gasteiger partial charge < -0.3 is 21.1 Å². The molecule has 0 aromatic heterocycles. The largest absolute Gasteiger partial charge is 0.480 e. The van der Waals surface area contributed by atoms with Crippen molar-refractivity contribution in [1.29, 1.82) is 0 Å². The zero-order valence-electron chi connectivity index (χ0n) is 15.7. The molecule has 0 radical (unpaired) electrons. The lowest BCUT2D eigenvalue weighted by Gasteiger charge is -2.25. The Morgan fingerprint density at radius 3 is 2.52 bits per heavy atom. The first kappa shape index (κ1) is 22.7. The minimum absolute atomic E-state index is 0.186. The average molecular weight is 421 g/mol. The van der Waals surface area contributed by atoms with Crippen LogP contribution in [0.15, 0.2) is 54.6 Å². The number of hydrogen-bond acceptors (Lipinski definition) is 6. The third-order valence-electron chi connectivity index (χ3n) is 4.47. The van der Waals surface area contributed by atoms with Crippen molar-refractivity contribution in [1.82, 2.24) is 5.32 Å². The summed E-state index contributed by atoms with van der Waals surface area (Å²) in [6, 6.07) is 13.8. The van der Waals surface area contributed by atoms with Crippen LogP contribution in [0.25, 0.3) is 0 Å². The van der Waals surface area contributed by atoms with Crippen molar-refractivity contribution in [3.63, 3.8) is 0 Å². The van der Waals surface area contributed by atoms with Gasteiger partial charge in [-0.3, -0.25) is 19.5 Å². The molecule has 0 saturated heterocycles. The van der Waals surface area contributed by atoms with E-state index in [2.05, 4.69) is 5.32 Å². The molecule has 9 nitrogen and oxygen atoms in total. The van der Waals surface area contributed by atoms with Gasteiger partial charge >= 0.3 is 5.97 Å². The van der Waals surface area contributed by atoms with E-state index in [0.717, 1.165) is 5.56 Å². The van der Waals surface area contributed by atoms with Gasteiger partial charge in [0.15, 0.2) is 0 Å². The van der Waals surface area contributed by atoms with Gasteiger partial charge in [0, 0.05) is 24.8 Å². The van der Waals surface area contributed by atoms with Gasteiger partial charge in [0.1, 0.15) is 11.8 Å². The molecule has 0 fully saturated rings. The number of nitrogens with two attached hydrogens (primary N) is 1.